The molecule has 1 aromatic heterocycles. The van der Waals surface area contributed by atoms with E-state index in [9.17, 15) is 9.59 Å². The molecule has 6 heteroatoms. The number of hydrogen-bond donors (Lipinski definition) is 2. The largest absolute Gasteiger partial charge is 0.394 e. The average molecular weight is 316 g/mol. The molecule has 0 aliphatic carbocycles. The maximum absolute atomic E-state index is 11.8. The highest BCUT2D eigenvalue weighted by atomic mass is 79.9. The van der Waals surface area contributed by atoms with E-state index in [1.54, 1.807) is 10.8 Å². The summed E-state index contributed by atoms with van der Waals surface area (Å²) in [7, 11) is 0. The van der Waals surface area contributed by atoms with E-state index in [0.29, 0.717) is 10.4 Å². The van der Waals surface area contributed by atoms with Crippen LogP contribution in [0.4, 0.5) is 5.69 Å². The third kappa shape index (κ3) is 3.87. The monoisotopic (exact) mass is 315 g/mol. The number of carbonyl (C=O) groups is 1. The van der Waals surface area contributed by atoms with Gasteiger partial charge in [-0.05, 0) is 28.8 Å². The standard InChI is InChI=1S/C12H18BrN3O2/c1-7(2)8(3)15-11(17)6-16-4-9(13)12(18)10(14)5-16/h4-5,7-8H,6,14H2,1-3H3,(H,15,17). The summed E-state index contributed by atoms with van der Waals surface area (Å²) in [6, 6.07) is 0.109. The molecule has 0 radical (unpaired) electrons. The number of nitrogen functional groups attached to an aromatic ring is 1. The SMILES string of the molecule is CC(C)C(C)NC(=O)Cn1cc(N)c(=O)c(Br)c1. The van der Waals surface area contributed by atoms with Crippen molar-refractivity contribution in [2.75, 3.05) is 5.73 Å². The summed E-state index contributed by atoms with van der Waals surface area (Å²) in [6.45, 7) is 6.18. The number of nitrogens with zero attached hydrogens (tertiary/aromatic N) is 1. The Kier molecular flexibility index (Phi) is 4.95. The second kappa shape index (κ2) is 6.04. The van der Waals surface area contributed by atoms with E-state index >= 15 is 0 Å². The van der Waals surface area contributed by atoms with Crippen molar-refractivity contribution in [1.82, 2.24) is 9.88 Å². The first-order valence-electron chi connectivity index (χ1n) is 5.75. The van der Waals surface area contributed by atoms with Crippen LogP contribution in [0.5, 0.6) is 0 Å². The van der Waals surface area contributed by atoms with Crippen LogP contribution in [0, 0.1) is 5.92 Å². The molecule has 1 rings (SSSR count). The molecule has 1 aromatic rings. The second-order valence-electron chi connectivity index (χ2n) is 4.66. The summed E-state index contributed by atoms with van der Waals surface area (Å²) in [5.74, 6) is 0.269. The minimum Gasteiger partial charge on any atom is -0.394 e. The van der Waals surface area contributed by atoms with Gasteiger partial charge in [0.2, 0.25) is 11.3 Å². The van der Waals surface area contributed by atoms with E-state index in [2.05, 4.69) is 21.2 Å². The number of amides is 1. The van der Waals surface area contributed by atoms with Crippen LogP contribution in [-0.4, -0.2) is 16.5 Å². The molecular formula is C12H18BrN3O2. The maximum Gasteiger partial charge on any atom is 0.240 e. The third-order valence-electron chi connectivity index (χ3n) is 2.78. The van der Waals surface area contributed by atoms with Gasteiger partial charge in [0.25, 0.3) is 0 Å². The number of halogens is 1. The van der Waals surface area contributed by atoms with E-state index in [0.717, 1.165) is 0 Å². The highest BCUT2D eigenvalue weighted by Crippen LogP contribution is 2.06. The molecular weight excluding hydrogens is 298 g/mol. The lowest BCUT2D eigenvalue weighted by Crippen LogP contribution is -2.38. The molecule has 5 nitrogen and oxygen atoms in total. The molecule has 100 valence electrons. The average Bonchev–Trinajstić information content (AvgIpc) is 2.25. The molecule has 0 fully saturated rings. The molecule has 0 saturated heterocycles. The number of anilines is 1. The summed E-state index contributed by atoms with van der Waals surface area (Å²) < 4.78 is 1.94. The molecule has 1 unspecified atom stereocenters. The fourth-order valence-corrected chi connectivity index (χ4v) is 1.83. The molecule has 0 bridgehead atoms. The van der Waals surface area contributed by atoms with Crippen LogP contribution >= 0.6 is 15.9 Å². The van der Waals surface area contributed by atoms with Gasteiger partial charge in [-0.2, -0.15) is 0 Å². The van der Waals surface area contributed by atoms with Crippen molar-refractivity contribution in [1.29, 1.82) is 0 Å². The Labute approximate surface area is 114 Å². The first kappa shape index (κ1) is 14.8. The number of aromatic nitrogens is 1. The van der Waals surface area contributed by atoms with Gasteiger partial charge in [0.1, 0.15) is 6.54 Å². The van der Waals surface area contributed by atoms with Crippen LogP contribution in [0.15, 0.2) is 21.7 Å². The fraction of sp³-hybridized carbons (Fsp3) is 0.500. The molecule has 18 heavy (non-hydrogen) atoms. The Bertz CT molecular complexity index is 470. The zero-order valence-electron chi connectivity index (χ0n) is 10.7. The first-order chi connectivity index (χ1) is 8.31. The van der Waals surface area contributed by atoms with Crippen LogP contribution in [0.3, 0.4) is 0 Å². The zero-order chi connectivity index (χ0) is 13.9. The van der Waals surface area contributed by atoms with E-state index in [4.69, 9.17) is 5.73 Å². The lowest BCUT2D eigenvalue weighted by atomic mass is 10.1. The quantitative estimate of drug-likeness (QED) is 0.880. The summed E-state index contributed by atoms with van der Waals surface area (Å²) >= 11 is 3.12. The zero-order valence-corrected chi connectivity index (χ0v) is 12.3. The summed E-state index contributed by atoms with van der Waals surface area (Å²) in [5, 5.41) is 2.89. The van der Waals surface area contributed by atoms with E-state index in [-0.39, 0.29) is 29.6 Å². The molecule has 0 saturated carbocycles. The molecule has 1 atom stereocenters. The van der Waals surface area contributed by atoms with E-state index in [1.165, 1.54) is 6.20 Å². The van der Waals surface area contributed by atoms with Gasteiger partial charge in [-0.25, -0.2) is 0 Å². The summed E-state index contributed by atoms with van der Waals surface area (Å²) in [6.07, 6.45) is 3.02. The third-order valence-corrected chi connectivity index (χ3v) is 3.34. The minimum atomic E-state index is -0.262. The van der Waals surface area contributed by atoms with Gasteiger partial charge in [-0.15, -0.1) is 0 Å². The lowest BCUT2D eigenvalue weighted by molar-refractivity contribution is -0.122. The van der Waals surface area contributed by atoms with E-state index in [1.807, 2.05) is 20.8 Å². The fourth-order valence-electron chi connectivity index (χ4n) is 1.34. The first-order valence-corrected chi connectivity index (χ1v) is 6.55. The molecule has 0 aliphatic heterocycles. The van der Waals surface area contributed by atoms with Crippen molar-refractivity contribution in [2.24, 2.45) is 5.92 Å². The highest BCUT2D eigenvalue weighted by Gasteiger charge is 2.11. The van der Waals surface area contributed by atoms with Gasteiger partial charge in [0, 0.05) is 18.4 Å². The Morgan fingerprint density at radius 3 is 2.56 bits per heavy atom. The number of carbonyl (C=O) groups excluding carboxylic acids is 1. The predicted molar refractivity (Wildman–Crippen MR) is 75.3 cm³/mol. The van der Waals surface area contributed by atoms with Gasteiger partial charge in [0.05, 0.1) is 10.2 Å². The van der Waals surface area contributed by atoms with Gasteiger partial charge < -0.3 is 15.6 Å². The van der Waals surface area contributed by atoms with Crippen LogP contribution in [0.25, 0.3) is 0 Å². The van der Waals surface area contributed by atoms with Crippen molar-refractivity contribution in [3.05, 3.63) is 27.1 Å². The number of nitrogens with two attached hydrogens (primary N) is 1. The van der Waals surface area contributed by atoms with E-state index < -0.39 is 0 Å². The predicted octanol–water partition coefficient (Wildman–Crippen LogP) is 1.35. The van der Waals surface area contributed by atoms with Crippen molar-refractivity contribution >= 4 is 27.5 Å². The van der Waals surface area contributed by atoms with Crippen molar-refractivity contribution < 1.29 is 4.79 Å². The van der Waals surface area contributed by atoms with Gasteiger partial charge in [0.15, 0.2) is 0 Å². The van der Waals surface area contributed by atoms with Crippen LogP contribution in [0.2, 0.25) is 0 Å². The number of hydrogen-bond acceptors (Lipinski definition) is 3. The smallest absolute Gasteiger partial charge is 0.240 e. The Morgan fingerprint density at radius 1 is 1.44 bits per heavy atom. The van der Waals surface area contributed by atoms with Gasteiger partial charge >= 0.3 is 0 Å². The number of pyridine rings is 1. The highest BCUT2D eigenvalue weighted by molar-refractivity contribution is 9.10. The molecule has 0 spiro atoms. The normalized spacial score (nSPS) is 12.5. The second-order valence-corrected chi connectivity index (χ2v) is 5.52. The summed E-state index contributed by atoms with van der Waals surface area (Å²) in [5.41, 5.74) is 5.41. The number of rotatable bonds is 4. The lowest BCUT2D eigenvalue weighted by Gasteiger charge is -2.18. The Hall–Kier alpha value is -1.30. The maximum atomic E-state index is 11.8. The minimum absolute atomic E-state index is 0.105. The van der Waals surface area contributed by atoms with Crippen LogP contribution < -0.4 is 16.5 Å². The Balaban J connectivity index is 2.74. The van der Waals surface area contributed by atoms with Crippen LogP contribution in [0.1, 0.15) is 20.8 Å². The summed E-state index contributed by atoms with van der Waals surface area (Å²) in [4.78, 5) is 23.2. The Morgan fingerprint density at radius 2 is 2.06 bits per heavy atom. The van der Waals surface area contributed by atoms with Crippen LogP contribution in [-0.2, 0) is 11.3 Å². The molecule has 1 heterocycles. The van der Waals surface area contributed by atoms with Crippen molar-refractivity contribution in [2.45, 2.75) is 33.4 Å². The topological polar surface area (TPSA) is 77.1 Å². The molecule has 0 aliphatic rings. The molecule has 1 amide bonds. The molecule has 3 N–H and O–H groups in total. The van der Waals surface area contributed by atoms with Crippen molar-refractivity contribution in [3.8, 4) is 0 Å². The van der Waals surface area contributed by atoms with Crippen molar-refractivity contribution in [3.63, 3.8) is 0 Å². The number of nitrogens with one attached hydrogen (secondary N) is 1. The van der Waals surface area contributed by atoms with Gasteiger partial charge in [-0.3, -0.25) is 9.59 Å². The van der Waals surface area contributed by atoms with Gasteiger partial charge in [-0.1, -0.05) is 13.8 Å². The molecule has 0 aromatic carbocycles.